The quantitative estimate of drug-likeness (QED) is 0.228. The van der Waals surface area contributed by atoms with Crippen LogP contribution in [0.1, 0.15) is 12.0 Å². The Hall–Kier alpha value is -1.96. The zero-order chi connectivity index (χ0) is 17.7. The number of nitrogens with one attached hydrogen (secondary N) is 3. The Labute approximate surface area is 173 Å². The third-order valence-electron chi connectivity index (χ3n) is 3.85. The summed E-state index contributed by atoms with van der Waals surface area (Å²) in [6.45, 7) is 2.60. The Morgan fingerprint density at radius 2 is 1.62 bits per heavy atom. The first kappa shape index (κ1) is 22.1. The molecule has 3 N–H and O–H groups in total. The van der Waals surface area contributed by atoms with E-state index in [4.69, 9.17) is 4.74 Å². The summed E-state index contributed by atoms with van der Waals surface area (Å²) in [6.07, 6.45) is 1.91. The summed E-state index contributed by atoms with van der Waals surface area (Å²) >= 11 is 0. The molecule has 2 aromatic carbocycles. The van der Waals surface area contributed by atoms with E-state index in [1.54, 1.807) is 14.2 Å². The first-order valence-electron chi connectivity index (χ1n) is 8.69. The van der Waals surface area contributed by atoms with Crippen LogP contribution in [0.15, 0.2) is 59.6 Å². The summed E-state index contributed by atoms with van der Waals surface area (Å²) < 4.78 is 5.38. The fourth-order valence-corrected chi connectivity index (χ4v) is 2.53. The van der Waals surface area contributed by atoms with Gasteiger partial charge in [0.1, 0.15) is 5.75 Å². The molecule has 0 saturated carbocycles. The smallest absolute Gasteiger partial charge is 0.190 e. The average molecular weight is 468 g/mol. The number of guanidine groups is 1. The number of aliphatic imine (C=N–C) groups is 1. The van der Waals surface area contributed by atoms with E-state index in [9.17, 15) is 0 Å². The lowest BCUT2D eigenvalue weighted by atomic mass is 10.1. The van der Waals surface area contributed by atoms with Gasteiger partial charge in [-0.25, -0.2) is 0 Å². The molecular formula is C20H29IN4O. The molecule has 6 heteroatoms. The predicted molar refractivity (Wildman–Crippen MR) is 121 cm³/mol. The van der Waals surface area contributed by atoms with Gasteiger partial charge in [-0.3, -0.25) is 4.99 Å². The van der Waals surface area contributed by atoms with Gasteiger partial charge in [-0.1, -0.05) is 36.4 Å². The fraction of sp³-hybridized carbons (Fsp3) is 0.350. The summed E-state index contributed by atoms with van der Waals surface area (Å²) in [5, 5.41) is 10.1. The maximum atomic E-state index is 5.38. The Morgan fingerprint density at radius 1 is 0.923 bits per heavy atom. The molecule has 2 aromatic rings. The predicted octanol–water partition coefficient (Wildman–Crippen LogP) is 3.52. The van der Waals surface area contributed by atoms with E-state index in [-0.39, 0.29) is 24.0 Å². The minimum atomic E-state index is 0. The van der Waals surface area contributed by atoms with E-state index in [1.807, 2.05) is 36.4 Å². The Morgan fingerprint density at radius 3 is 2.35 bits per heavy atom. The van der Waals surface area contributed by atoms with E-state index in [0.29, 0.717) is 0 Å². The first-order chi connectivity index (χ1) is 12.3. The number of rotatable bonds is 9. The van der Waals surface area contributed by atoms with E-state index < -0.39 is 0 Å². The van der Waals surface area contributed by atoms with Crippen molar-refractivity contribution < 1.29 is 4.74 Å². The highest BCUT2D eigenvalue weighted by molar-refractivity contribution is 14.0. The monoisotopic (exact) mass is 468 g/mol. The van der Waals surface area contributed by atoms with Gasteiger partial charge in [0, 0.05) is 32.4 Å². The molecule has 0 unspecified atom stereocenters. The molecule has 0 aliphatic carbocycles. The largest absolute Gasteiger partial charge is 0.496 e. The minimum Gasteiger partial charge on any atom is -0.496 e. The van der Waals surface area contributed by atoms with Crippen LogP contribution in [0.3, 0.4) is 0 Å². The second-order valence-electron chi connectivity index (χ2n) is 5.63. The number of methoxy groups -OCH3 is 1. The van der Waals surface area contributed by atoms with Crippen molar-refractivity contribution in [2.75, 3.05) is 39.1 Å². The maximum absolute atomic E-state index is 5.38. The lowest BCUT2D eigenvalue weighted by molar-refractivity contribution is 0.409. The zero-order valence-electron chi connectivity index (χ0n) is 15.5. The molecule has 0 saturated heterocycles. The summed E-state index contributed by atoms with van der Waals surface area (Å²) in [7, 11) is 3.50. The summed E-state index contributed by atoms with van der Waals surface area (Å²) in [5.41, 5.74) is 2.35. The molecule has 0 aliphatic heterocycles. The van der Waals surface area contributed by atoms with Crippen molar-refractivity contribution in [3.8, 4) is 5.75 Å². The van der Waals surface area contributed by atoms with Gasteiger partial charge in [0.05, 0.1) is 7.11 Å². The number of hydrogen-bond acceptors (Lipinski definition) is 3. The van der Waals surface area contributed by atoms with Crippen molar-refractivity contribution in [1.29, 1.82) is 0 Å². The van der Waals surface area contributed by atoms with Crippen molar-refractivity contribution >= 4 is 35.6 Å². The van der Waals surface area contributed by atoms with E-state index in [1.165, 1.54) is 5.56 Å². The zero-order valence-corrected chi connectivity index (χ0v) is 17.8. The van der Waals surface area contributed by atoms with Crippen LogP contribution in [0, 0.1) is 0 Å². The van der Waals surface area contributed by atoms with Gasteiger partial charge in [0.25, 0.3) is 0 Å². The van der Waals surface area contributed by atoms with E-state index in [2.05, 4.69) is 39.1 Å². The molecule has 0 bridgehead atoms. The van der Waals surface area contributed by atoms with Gasteiger partial charge in [-0.05, 0) is 36.6 Å². The normalized spacial score (nSPS) is 10.6. The van der Waals surface area contributed by atoms with Crippen LogP contribution in [0.5, 0.6) is 5.75 Å². The number of para-hydroxylation sites is 2. The van der Waals surface area contributed by atoms with Crippen LogP contribution < -0.4 is 20.7 Å². The van der Waals surface area contributed by atoms with Crippen LogP contribution in [0.4, 0.5) is 5.69 Å². The number of benzene rings is 2. The van der Waals surface area contributed by atoms with Crippen LogP contribution in [0.25, 0.3) is 0 Å². The number of anilines is 1. The van der Waals surface area contributed by atoms with Gasteiger partial charge in [0.2, 0.25) is 0 Å². The number of halogens is 1. The Kier molecular flexibility index (Phi) is 11.3. The van der Waals surface area contributed by atoms with Crippen molar-refractivity contribution in [2.24, 2.45) is 4.99 Å². The van der Waals surface area contributed by atoms with Crippen molar-refractivity contribution in [1.82, 2.24) is 10.6 Å². The van der Waals surface area contributed by atoms with Gasteiger partial charge >= 0.3 is 0 Å². The Bertz CT molecular complexity index is 649. The molecule has 0 aromatic heterocycles. The molecule has 0 aliphatic rings. The summed E-state index contributed by atoms with van der Waals surface area (Å²) in [6, 6.07) is 18.3. The van der Waals surface area contributed by atoms with Gasteiger partial charge in [-0.2, -0.15) is 0 Å². The van der Waals surface area contributed by atoms with Crippen LogP contribution in [-0.2, 0) is 6.42 Å². The van der Waals surface area contributed by atoms with Gasteiger partial charge < -0.3 is 20.7 Å². The highest BCUT2D eigenvalue weighted by Crippen LogP contribution is 2.17. The third-order valence-corrected chi connectivity index (χ3v) is 3.85. The van der Waals surface area contributed by atoms with Crippen molar-refractivity contribution in [3.05, 3.63) is 60.2 Å². The molecule has 0 radical (unpaired) electrons. The number of hydrogen-bond donors (Lipinski definition) is 3. The fourth-order valence-electron chi connectivity index (χ4n) is 2.53. The standard InChI is InChI=1S/C20H28N4O.HI/c1-21-20(23-15-8-14-22-18-10-4-3-5-11-18)24-16-13-17-9-6-7-12-19(17)25-2;/h3-7,9-12,22H,8,13-16H2,1-2H3,(H2,21,23,24);1H. The topological polar surface area (TPSA) is 57.7 Å². The molecule has 0 fully saturated rings. The average Bonchev–Trinajstić information content (AvgIpc) is 2.67. The molecule has 0 heterocycles. The molecule has 0 amide bonds. The second-order valence-corrected chi connectivity index (χ2v) is 5.63. The van der Waals surface area contributed by atoms with E-state index in [0.717, 1.165) is 49.9 Å². The third kappa shape index (κ3) is 7.95. The van der Waals surface area contributed by atoms with Gasteiger partial charge in [0.15, 0.2) is 5.96 Å². The summed E-state index contributed by atoms with van der Waals surface area (Å²) in [5.74, 6) is 1.76. The molecule has 0 atom stereocenters. The number of ether oxygens (including phenoxy) is 1. The Balaban J connectivity index is 0.00000338. The lowest BCUT2D eigenvalue weighted by Crippen LogP contribution is -2.39. The van der Waals surface area contributed by atoms with Gasteiger partial charge in [-0.15, -0.1) is 24.0 Å². The molecule has 142 valence electrons. The molecular weight excluding hydrogens is 439 g/mol. The molecule has 2 rings (SSSR count). The van der Waals surface area contributed by atoms with Crippen LogP contribution in [0.2, 0.25) is 0 Å². The van der Waals surface area contributed by atoms with Crippen LogP contribution >= 0.6 is 24.0 Å². The highest BCUT2D eigenvalue weighted by atomic mass is 127. The number of nitrogens with zero attached hydrogens (tertiary/aromatic N) is 1. The van der Waals surface area contributed by atoms with Crippen LogP contribution in [-0.4, -0.2) is 39.8 Å². The highest BCUT2D eigenvalue weighted by Gasteiger charge is 2.02. The molecule has 26 heavy (non-hydrogen) atoms. The molecule has 5 nitrogen and oxygen atoms in total. The first-order valence-corrected chi connectivity index (χ1v) is 8.69. The van der Waals surface area contributed by atoms with Crippen molar-refractivity contribution in [2.45, 2.75) is 12.8 Å². The summed E-state index contributed by atoms with van der Waals surface area (Å²) in [4.78, 5) is 4.26. The van der Waals surface area contributed by atoms with Crippen molar-refractivity contribution in [3.63, 3.8) is 0 Å². The SMILES string of the molecule is CN=C(NCCCNc1ccccc1)NCCc1ccccc1OC.I. The van der Waals surface area contributed by atoms with E-state index >= 15 is 0 Å². The lowest BCUT2D eigenvalue weighted by Gasteiger charge is -2.13. The minimum absolute atomic E-state index is 0. The second kappa shape index (κ2) is 13.3. The maximum Gasteiger partial charge on any atom is 0.190 e. The molecule has 0 spiro atoms.